The molecule has 30 heavy (non-hydrogen) atoms. The van der Waals surface area contributed by atoms with Crippen LogP contribution in [-0.2, 0) is 0 Å². The van der Waals surface area contributed by atoms with Gasteiger partial charge in [-0.1, -0.05) is 13.0 Å². The molecule has 7 nitrogen and oxygen atoms in total. The number of hydrogen-bond donors (Lipinski definition) is 2. The van der Waals surface area contributed by atoms with Gasteiger partial charge >= 0.3 is 0 Å². The summed E-state index contributed by atoms with van der Waals surface area (Å²) in [6, 6.07) is 10.6. The number of piperidine rings is 1. The minimum Gasteiger partial charge on any atom is -0.355 e. The van der Waals surface area contributed by atoms with Gasteiger partial charge in [0, 0.05) is 30.0 Å². The largest absolute Gasteiger partial charge is 0.355 e. The number of nitrogens with one attached hydrogen (secondary N) is 1. The molecule has 6 rings (SSSR count). The number of hydrogen-bond acceptors (Lipinski definition) is 5. The molecule has 7 heteroatoms. The highest BCUT2D eigenvalue weighted by Crippen LogP contribution is 2.42. The van der Waals surface area contributed by atoms with Crippen molar-refractivity contribution in [2.75, 3.05) is 24.5 Å². The van der Waals surface area contributed by atoms with Crippen LogP contribution >= 0.6 is 0 Å². The normalized spacial score (nSPS) is 19.1. The number of aromatic nitrogens is 5. The monoisotopic (exact) mass is 401 g/mol. The van der Waals surface area contributed by atoms with Crippen molar-refractivity contribution < 1.29 is 0 Å². The van der Waals surface area contributed by atoms with Crippen molar-refractivity contribution in [2.45, 2.75) is 38.5 Å². The minimum absolute atomic E-state index is 0.250. The van der Waals surface area contributed by atoms with Crippen LogP contribution in [0.1, 0.15) is 44.2 Å². The second-order valence-corrected chi connectivity index (χ2v) is 9.25. The molecule has 0 unspecified atom stereocenters. The molecule has 1 saturated heterocycles. The fourth-order valence-corrected chi connectivity index (χ4v) is 4.57. The maximum absolute atomic E-state index is 5.98. The molecule has 2 fully saturated rings. The summed E-state index contributed by atoms with van der Waals surface area (Å²) in [5.41, 5.74) is 11.5. The Hall–Kier alpha value is -2.93. The van der Waals surface area contributed by atoms with Crippen LogP contribution in [0.3, 0.4) is 0 Å². The van der Waals surface area contributed by atoms with E-state index in [-0.39, 0.29) is 5.41 Å². The van der Waals surface area contributed by atoms with Crippen molar-refractivity contribution in [3.8, 4) is 11.3 Å². The SMILES string of the molecule is CC1(CN)CCN(c2ccc3ncc(-c4ccc5[nH]nc(C6CC6)c5c4)n3n2)CC1. The summed E-state index contributed by atoms with van der Waals surface area (Å²) < 4.78 is 1.98. The van der Waals surface area contributed by atoms with Gasteiger partial charge in [0.1, 0.15) is 5.82 Å². The Morgan fingerprint density at radius 2 is 2.00 bits per heavy atom. The molecule has 0 bridgehead atoms. The van der Waals surface area contributed by atoms with E-state index in [1.54, 1.807) is 0 Å². The standard InChI is InChI=1S/C23H27N7/c1-23(14-24)8-10-29(11-9-23)21-7-6-20-25-13-19(30(20)28-21)16-4-5-18-17(12-16)22(27-26-18)15-2-3-15/h4-7,12-13,15H,2-3,8-11,14,24H2,1H3,(H,26,27). The van der Waals surface area contributed by atoms with E-state index >= 15 is 0 Å². The highest BCUT2D eigenvalue weighted by Gasteiger charge is 2.30. The van der Waals surface area contributed by atoms with Crippen molar-refractivity contribution in [3.05, 3.63) is 42.2 Å². The van der Waals surface area contributed by atoms with Gasteiger partial charge in [-0.3, -0.25) is 5.10 Å². The van der Waals surface area contributed by atoms with Crippen molar-refractivity contribution in [1.82, 2.24) is 24.8 Å². The molecule has 0 atom stereocenters. The molecule has 0 spiro atoms. The number of rotatable bonds is 4. The van der Waals surface area contributed by atoms with Crippen LogP contribution in [-0.4, -0.2) is 44.4 Å². The Morgan fingerprint density at radius 3 is 2.77 bits per heavy atom. The Balaban J connectivity index is 1.37. The Bertz CT molecular complexity index is 1230. The molecule has 3 N–H and O–H groups in total. The lowest BCUT2D eigenvalue weighted by Gasteiger charge is -2.39. The van der Waals surface area contributed by atoms with Crippen molar-refractivity contribution >= 4 is 22.4 Å². The number of nitrogens with two attached hydrogens (primary N) is 1. The predicted molar refractivity (Wildman–Crippen MR) is 119 cm³/mol. The molecule has 3 aromatic heterocycles. The van der Waals surface area contributed by atoms with Gasteiger partial charge < -0.3 is 10.6 Å². The third-order valence-corrected chi connectivity index (χ3v) is 6.99. The molecule has 0 amide bonds. The van der Waals surface area contributed by atoms with Gasteiger partial charge in [0.15, 0.2) is 5.65 Å². The van der Waals surface area contributed by atoms with E-state index in [9.17, 15) is 0 Å². The molecule has 1 aromatic carbocycles. The minimum atomic E-state index is 0.250. The van der Waals surface area contributed by atoms with E-state index in [1.807, 2.05) is 10.7 Å². The van der Waals surface area contributed by atoms with Crippen LogP contribution in [0.5, 0.6) is 0 Å². The Labute approximate surface area is 175 Å². The van der Waals surface area contributed by atoms with Crippen molar-refractivity contribution in [2.24, 2.45) is 11.1 Å². The molecule has 1 saturated carbocycles. The average molecular weight is 402 g/mol. The zero-order valence-electron chi connectivity index (χ0n) is 17.3. The number of fused-ring (bicyclic) bond motifs is 2. The van der Waals surface area contributed by atoms with Gasteiger partial charge in [-0.2, -0.15) is 5.10 Å². The fourth-order valence-electron chi connectivity index (χ4n) is 4.57. The quantitative estimate of drug-likeness (QED) is 0.544. The van der Waals surface area contributed by atoms with Crippen LogP contribution in [0.4, 0.5) is 5.82 Å². The summed E-state index contributed by atoms with van der Waals surface area (Å²) in [4.78, 5) is 6.96. The lowest BCUT2D eigenvalue weighted by Crippen LogP contribution is -2.42. The molecule has 4 aromatic rings. The highest BCUT2D eigenvalue weighted by atomic mass is 15.3. The number of imidazole rings is 1. The van der Waals surface area contributed by atoms with Gasteiger partial charge in [-0.05, 0) is 61.9 Å². The highest BCUT2D eigenvalue weighted by molar-refractivity contribution is 5.87. The molecule has 1 aliphatic carbocycles. The summed E-state index contributed by atoms with van der Waals surface area (Å²) in [6.45, 7) is 5.01. The van der Waals surface area contributed by atoms with Crippen molar-refractivity contribution in [1.29, 1.82) is 0 Å². The summed E-state index contributed by atoms with van der Waals surface area (Å²) in [7, 11) is 0. The van der Waals surface area contributed by atoms with Crippen LogP contribution < -0.4 is 10.6 Å². The third kappa shape index (κ3) is 2.88. The second kappa shape index (κ2) is 6.54. The molecule has 1 aliphatic heterocycles. The average Bonchev–Trinajstić information content (AvgIpc) is 3.39. The predicted octanol–water partition coefficient (Wildman–Crippen LogP) is 3.72. The Kier molecular flexibility index (Phi) is 3.90. The summed E-state index contributed by atoms with van der Waals surface area (Å²) in [5.74, 6) is 1.61. The van der Waals surface area contributed by atoms with E-state index in [0.717, 1.165) is 60.7 Å². The van der Waals surface area contributed by atoms with E-state index in [0.29, 0.717) is 5.92 Å². The number of anilines is 1. The van der Waals surface area contributed by atoms with Crippen LogP contribution in [0.2, 0.25) is 0 Å². The van der Waals surface area contributed by atoms with E-state index in [4.69, 9.17) is 10.8 Å². The molecule has 2 aliphatic rings. The lowest BCUT2D eigenvalue weighted by atomic mass is 9.80. The number of nitrogens with zero attached hydrogens (tertiary/aromatic N) is 5. The molecule has 0 radical (unpaired) electrons. The summed E-state index contributed by atoms with van der Waals surface area (Å²) in [6.07, 6.45) is 6.60. The Morgan fingerprint density at radius 1 is 1.17 bits per heavy atom. The maximum atomic E-state index is 5.98. The number of H-pyrrole nitrogens is 1. The van der Waals surface area contributed by atoms with Crippen LogP contribution in [0, 0.1) is 5.41 Å². The molecule has 4 heterocycles. The zero-order chi connectivity index (χ0) is 20.3. The van der Waals surface area contributed by atoms with Gasteiger partial charge in [0.05, 0.1) is 23.1 Å². The maximum Gasteiger partial charge on any atom is 0.154 e. The second-order valence-electron chi connectivity index (χ2n) is 9.25. The van der Waals surface area contributed by atoms with E-state index in [2.05, 4.69) is 57.3 Å². The molecular formula is C23H27N7. The topological polar surface area (TPSA) is 88.1 Å². The summed E-state index contributed by atoms with van der Waals surface area (Å²) in [5, 5.41) is 13.9. The zero-order valence-corrected chi connectivity index (χ0v) is 17.3. The molecule has 154 valence electrons. The summed E-state index contributed by atoms with van der Waals surface area (Å²) >= 11 is 0. The van der Waals surface area contributed by atoms with Gasteiger partial charge in [0.25, 0.3) is 0 Å². The first-order chi connectivity index (χ1) is 14.6. The lowest BCUT2D eigenvalue weighted by molar-refractivity contribution is 0.257. The van der Waals surface area contributed by atoms with Crippen molar-refractivity contribution in [3.63, 3.8) is 0 Å². The number of aromatic amines is 1. The van der Waals surface area contributed by atoms with Crippen LogP contribution in [0.15, 0.2) is 36.5 Å². The van der Waals surface area contributed by atoms with E-state index in [1.165, 1.54) is 23.9 Å². The third-order valence-electron chi connectivity index (χ3n) is 6.99. The molecular weight excluding hydrogens is 374 g/mol. The van der Waals surface area contributed by atoms with Crippen LogP contribution in [0.25, 0.3) is 27.8 Å². The smallest absolute Gasteiger partial charge is 0.154 e. The van der Waals surface area contributed by atoms with Gasteiger partial charge in [0.2, 0.25) is 0 Å². The first-order valence-electron chi connectivity index (χ1n) is 10.9. The first-order valence-corrected chi connectivity index (χ1v) is 10.9. The fraction of sp³-hybridized carbons (Fsp3) is 0.435. The first kappa shape index (κ1) is 17.9. The van der Waals surface area contributed by atoms with E-state index < -0.39 is 0 Å². The number of benzene rings is 1. The van der Waals surface area contributed by atoms with Gasteiger partial charge in [-0.25, -0.2) is 9.50 Å². The van der Waals surface area contributed by atoms with Gasteiger partial charge in [-0.15, -0.1) is 5.10 Å².